The van der Waals surface area contributed by atoms with Gasteiger partial charge in [-0.1, -0.05) is 78.3 Å². The van der Waals surface area contributed by atoms with E-state index in [9.17, 15) is 9.59 Å². The van der Waals surface area contributed by atoms with Gasteiger partial charge in [-0.05, 0) is 23.3 Å². The standard InChI is InChI=1S/C31H28Cl2N4O4/c1-4-28(38)36-24-13-9-8-12-21(24)14-22-15-27(35-19-34-22)37(18-20-10-6-5-7-11-20)29(39)16-23-30(32)25(40-2)17-26(41-3)31(23)33/h4-13,15,17,19H,1,14,16,18H2,2-3H3,(H,36,38). The molecule has 0 aliphatic heterocycles. The van der Waals surface area contributed by atoms with Crippen LogP contribution in [0.2, 0.25) is 10.0 Å². The van der Waals surface area contributed by atoms with Crippen molar-refractivity contribution in [2.45, 2.75) is 19.4 Å². The van der Waals surface area contributed by atoms with Crippen LogP contribution in [0.1, 0.15) is 22.4 Å². The fraction of sp³-hybridized carbons (Fsp3) is 0.161. The van der Waals surface area contributed by atoms with E-state index in [0.29, 0.717) is 40.7 Å². The summed E-state index contributed by atoms with van der Waals surface area (Å²) in [5.74, 6) is 0.482. The molecule has 4 rings (SSSR count). The lowest BCUT2D eigenvalue weighted by Gasteiger charge is -2.23. The van der Waals surface area contributed by atoms with Gasteiger partial charge in [0, 0.05) is 29.8 Å². The normalized spacial score (nSPS) is 10.5. The van der Waals surface area contributed by atoms with Gasteiger partial charge >= 0.3 is 0 Å². The van der Waals surface area contributed by atoms with E-state index in [1.54, 1.807) is 23.1 Å². The second kappa shape index (κ2) is 13.8. The summed E-state index contributed by atoms with van der Waals surface area (Å²) >= 11 is 13.2. The van der Waals surface area contributed by atoms with Crippen molar-refractivity contribution in [1.29, 1.82) is 0 Å². The Kier molecular flexibility index (Phi) is 9.95. The number of anilines is 2. The first-order valence-electron chi connectivity index (χ1n) is 12.6. The van der Waals surface area contributed by atoms with Gasteiger partial charge in [0.15, 0.2) is 0 Å². The Morgan fingerprint density at radius 2 is 1.61 bits per heavy atom. The summed E-state index contributed by atoms with van der Waals surface area (Å²) in [5, 5.41) is 3.27. The molecule has 0 bridgehead atoms. The Balaban J connectivity index is 1.69. The maximum atomic E-state index is 13.9. The predicted molar refractivity (Wildman–Crippen MR) is 161 cm³/mol. The highest BCUT2D eigenvalue weighted by Crippen LogP contribution is 2.41. The van der Waals surface area contributed by atoms with Crippen LogP contribution in [0, 0.1) is 0 Å². The summed E-state index contributed by atoms with van der Waals surface area (Å²) < 4.78 is 10.7. The number of carbonyl (C=O) groups excluding carboxylic acids is 2. The summed E-state index contributed by atoms with van der Waals surface area (Å²) in [4.78, 5) is 36.2. The fourth-order valence-electron chi connectivity index (χ4n) is 4.21. The number of halogens is 2. The van der Waals surface area contributed by atoms with Crippen LogP contribution in [0.5, 0.6) is 11.5 Å². The lowest BCUT2D eigenvalue weighted by Crippen LogP contribution is -2.33. The van der Waals surface area contributed by atoms with E-state index < -0.39 is 0 Å². The third-order valence-electron chi connectivity index (χ3n) is 6.30. The molecule has 0 fully saturated rings. The first-order chi connectivity index (χ1) is 19.8. The van der Waals surface area contributed by atoms with E-state index in [1.807, 2.05) is 48.5 Å². The largest absolute Gasteiger partial charge is 0.495 e. The number of hydrogen-bond donors (Lipinski definition) is 1. The van der Waals surface area contributed by atoms with E-state index in [4.69, 9.17) is 32.7 Å². The summed E-state index contributed by atoms with van der Waals surface area (Å²) in [7, 11) is 2.95. The number of methoxy groups -OCH3 is 2. The Morgan fingerprint density at radius 1 is 0.951 bits per heavy atom. The average molecular weight is 591 g/mol. The predicted octanol–water partition coefficient (Wildman–Crippen LogP) is 6.29. The molecule has 0 aliphatic carbocycles. The van der Waals surface area contributed by atoms with Crippen LogP contribution in [0.4, 0.5) is 11.5 Å². The van der Waals surface area contributed by atoms with Crippen LogP contribution in [-0.4, -0.2) is 36.0 Å². The Morgan fingerprint density at radius 3 is 2.27 bits per heavy atom. The number of benzene rings is 3. The highest BCUT2D eigenvalue weighted by atomic mass is 35.5. The SMILES string of the molecule is C=CC(=O)Nc1ccccc1Cc1cc(N(Cc2ccccc2)C(=O)Cc2c(Cl)c(OC)cc(OC)c2Cl)ncn1. The highest BCUT2D eigenvalue weighted by molar-refractivity contribution is 6.38. The fourth-order valence-corrected chi connectivity index (χ4v) is 4.84. The number of carbonyl (C=O) groups is 2. The van der Waals surface area contributed by atoms with Gasteiger partial charge in [-0.2, -0.15) is 0 Å². The van der Waals surface area contributed by atoms with Gasteiger partial charge in [0.05, 0.1) is 42.9 Å². The molecule has 4 aromatic rings. The smallest absolute Gasteiger partial charge is 0.247 e. The van der Waals surface area contributed by atoms with Gasteiger partial charge in [-0.25, -0.2) is 9.97 Å². The van der Waals surface area contributed by atoms with Crippen molar-refractivity contribution in [3.8, 4) is 11.5 Å². The average Bonchev–Trinajstić information content (AvgIpc) is 2.99. The highest BCUT2D eigenvalue weighted by Gasteiger charge is 2.24. The van der Waals surface area contributed by atoms with Crippen molar-refractivity contribution in [1.82, 2.24) is 9.97 Å². The molecule has 0 spiro atoms. The molecule has 1 heterocycles. The molecule has 1 aromatic heterocycles. The van der Waals surface area contributed by atoms with Crippen LogP contribution >= 0.6 is 23.2 Å². The Labute approximate surface area is 248 Å². The summed E-state index contributed by atoms with van der Waals surface area (Å²) in [6.07, 6.45) is 2.88. The lowest BCUT2D eigenvalue weighted by atomic mass is 10.1. The molecular formula is C31H28Cl2N4O4. The van der Waals surface area contributed by atoms with Gasteiger partial charge in [0.25, 0.3) is 0 Å². The van der Waals surface area contributed by atoms with E-state index in [2.05, 4.69) is 21.9 Å². The van der Waals surface area contributed by atoms with Crippen molar-refractivity contribution in [2.75, 3.05) is 24.4 Å². The second-order valence-electron chi connectivity index (χ2n) is 8.92. The number of ether oxygens (including phenoxy) is 2. The minimum atomic E-state index is -0.313. The molecule has 3 aromatic carbocycles. The molecule has 0 unspecified atom stereocenters. The monoisotopic (exact) mass is 590 g/mol. The van der Waals surface area contributed by atoms with Crippen molar-refractivity contribution in [3.63, 3.8) is 0 Å². The van der Waals surface area contributed by atoms with Gasteiger partial charge in [0.2, 0.25) is 11.8 Å². The van der Waals surface area contributed by atoms with E-state index >= 15 is 0 Å². The minimum Gasteiger partial charge on any atom is -0.495 e. The second-order valence-corrected chi connectivity index (χ2v) is 9.68. The molecule has 10 heteroatoms. The molecule has 0 atom stereocenters. The number of nitrogens with one attached hydrogen (secondary N) is 1. The van der Waals surface area contributed by atoms with Crippen molar-refractivity contribution >= 4 is 46.5 Å². The molecule has 41 heavy (non-hydrogen) atoms. The number of amides is 2. The molecule has 210 valence electrons. The molecular weight excluding hydrogens is 563 g/mol. The van der Waals surface area contributed by atoms with Crippen molar-refractivity contribution in [3.05, 3.63) is 118 Å². The third-order valence-corrected chi connectivity index (χ3v) is 7.12. The van der Waals surface area contributed by atoms with Crippen molar-refractivity contribution < 1.29 is 19.1 Å². The topological polar surface area (TPSA) is 93.7 Å². The molecule has 8 nitrogen and oxygen atoms in total. The molecule has 0 aliphatic rings. The zero-order valence-corrected chi connectivity index (χ0v) is 24.1. The van der Waals surface area contributed by atoms with E-state index in [-0.39, 0.29) is 34.8 Å². The number of rotatable bonds is 11. The van der Waals surface area contributed by atoms with Crippen LogP contribution < -0.4 is 19.7 Å². The zero-order chi connectivity index (χ0) is 29.4. The zero-order valence-electron chi connectivity index (χ0n) is 22.6. The van der Waals surface area contributed by atoms with Crippen LogP contribution in [-0.2, 0) is 29.0 Å². The third kappa shape index (κ3) is 7.22. The van der Waals surface area contributed by atoms with Gasteiger partial charge in [0.1, 0.15) is 23.6 Å². The maximum absolute atomic E-state index is 13.9. The maximum Gasteiger partial charge on any atom is 0.247 e. The molecule has 2 amide bonds. The number of hydrogen-bond acceptors (Lipinski definition) is 6. The number of aromatic nitrogens is 2. The Hall–Kier alpha value is -4.40. The molecule has 0 saturated heterocycles. The van der Waals surface area contributed by atoms with Crippen molar-refractivity contribution in [2.24, 2.45) is 0 Å². The van der Waals surface area contributed by atoms with Crippen LogP contribution in [0.15, 0.2) is 85.7 Å². The van der Waals surface area contributed by atoms with E-state index in [0.717, 1.165) is 11.1 Å². The minimum absolute atomic E-state index is 0.131. The van der Waals surface area contributed by atoms with E-state index in [1.165, 1.54) is 26.6 Å². The first kappa shape index (κ1) is 29.6. The first-order valence-corrected chi connectivity index (χ1v) is 13.4. The van der Waals surface area contributed by atoms with Gasteiger partial charge in [-0.3, -0.25) is 14.5 Å². The van der Waals surface area contributed by atoms with Crippen LogP contribution in [0.3, 0.4) is 0 Å². The summed E-state index contributed by atoms with van der Waals surface area (Å²) in [6.45, 7) is 3.76. The molecule has 0 radical (unpaired) electrons. The summed E-state index contributed by atoms with van der Waals surface area (Å²) in [6, 6.07) is 20.3. The molecule has 0 saturated carbocycles. The van der Waals surface area contributed by atoms with Gasteiger partial charge < -0.3 is 14.8 Å². The lowest BCUT2D eigenvalue weighted by molar-refractivity contribution is -0.118. The number of para-hydroxylation sites is 1. The molecule has 1 N–H and O–H groups in total. The van der Waals surface area contributed by atoms with Gasteiger partial charge in [-0.15, -0.1) is 0 Å². The quantitative estimate of drug-likeness (QED) is 0.206. The summed E-state index contributed by atoms with van der Waals surface area (Å²) in [5.41, 5.74) is 3.43. The number of nitrogens with zero attached hydrogens (tertiary/aromatic N) is 3. The van der Waals surface area contributed by atoms with Crippen LogP contribution in [0.25, 0.3) is 0 Å². The Bertz CT molecular complexity index is 1540.